The molecule has 2 aromatic rings. The van der Waals surface area contributed by atoms with E-state index in [0.29, 0.717) is 10.8 Å². The van der Waals surface area contributed by atoms with E-state index in [9.17, 15) is 0 Å². The SMILES string of the molecule is Cc1ccc2c(c1)CC1(C)CCCCC21C.Cc1ccc2c(c1)N=C1CCCCC12C. The van der Waals surface area contributed by atoms with Gasteiger partial charge in [-0.2, -0.15) is 0 Å². The van der Waals surface area contributed by atoms with Crippen molar-refractivity contribution in [3.63, 3.8) is 0 Å². The molecule has 6 rings (SSSR count). The summed E-state index contributed by atoms with van der Waals surface area (Å²) in [5, 5.41) is 0. The van der Waals surface area contributed by atoms with Crippen molar-refractivity contribution in [1.29, 1.82) is 0 Å². The number of aryl methyl sites for hydroxylation is 2. The molecule has 164 valence electrons. The van der Waals surface area contributed by atoms with Crippen molar-refractivity contribution in [2.45, 2.75) is 103 Å². The lowest BCUT2D eigenvalue weighted by atomic mass is 9.58. The van der Waals surface area contributed by atoms with Crippen molar-refractivity contribution in [3.8, 4) is 0 Å². The standard InChI is InChI=1S/C16H22.C14H17N/c1-12-6-7-14-13(10-12)11-15(2)8-4-5-9-16(14,15)3;1-10-6-7-11-12(9-10)15-13-5-3-4-8-14(11,13)2/h6-7,10H,4-5,8-9,11H2,1-3H3;6-7,9H,3-5,8H2,1-2H3. The third-order valence-electron chi connectivity index (χ3n) is 9.40. The summed E-state index contributed by atoms with van der Waals surface area (Å²) >= 11 is 0. The summed E-state index contributed by atoms with van der Waals surface area (Å²) in [6, 6.07) is 13.9. The second-order valence-electron chi connectivity index (χ2n) is 11.6. The molecule has 3 unspecified atom stereocenters. The fourth-order valence-corrected chi connectivity index (χ4v) is 7.15. The van der Waals surface area contributed by atoms with Gasteiger partial charge in [-0.3, -0.25) is 4.99 Å². The van der Waals surface area contributed by atoms with Crippen LogP contribution >= 0.6 is 0 Å². The van der Waals surface area contributed by atoms with Crippen LogP contribution in [0.1, 0.15) is 100.0 Å². The number of fused-ring (bicyclic) bond motifs is 6. The number of benzene rings is 2. The zero-order valence-corrected chi connectivity index (χ0v) is 20.3. The van der Waals surface area contributed by atoms with Gasteiger partial charge in [-0.1, -0.05) is 75.9 Å². The van der Waals surface area contributed by atoms with E-state index in [1.165, 1.54) is 85.9 Å². The van der Waals surface area contributed by atoms with Crippen molar-refractivity contribution in [1.82, 2.24) is 0 Å². The second kappa shape index (κ2) is 7.32. The molecule has 2 fully saturated rings. The van der Waals surface area contributed by atoms with Crippen molar-refractivity contribution >= 4 is 11.4 Å². The van der Waals surface area contributed by atoms with Crippen LogP contribution in [-0.4, -0.2) is 5.71 Å². The minimum Gasteiger partial charge on any atom is -0.257 e. The number of rotatable bonds is 0. The van der Waals surface area contributed by atoms with E-state index in [1.807, 2.05) is 0 Å². The lowest BCUT2D eigenvalue weighted by Crippen LogP contribution is -2.40. The summed E-state index contributed by atoms with van der Waals surface area (Å²) in [6.07, 6.45) is 12.1. The highest BCUT2D eigenvalue weighted by molar-refractivity contribution is 6.02. The summed E-state index contributed by atoms with van der Waals surface area (Å²) in [6.45, 7) is 11.7. The Kier molecular flexibility index (Phi) is 4.96. The molecule has 1 heterocycles. The van der Waals surface area contributed by atoms with E-state index in [2.05, 4.69) is 71.0 Å². The first-order chi connectivity index (χ1) is 14.8. The van der Waals surface area contributed by atoms with Crippen LogP contribution < -0.4 is 0 Å². The molecule has 1 nitrogen and oxygen atoms in total. The Bertz CT molecular complexity index is 1050. The van der Waals surface area contributed by atoms with Gasteiger partial charge in [-0.25, -0.2) is 0 Å². The molecule has 1 heteroatoms. The minimum atomic E-state index is 0.265. The van der Waals surface area contributed by atoms with Crippen LogP contribution in [-0.2, 0) is 17.3 Å². The predicted molar refractivity (Wildman–Crippen MR) is 133 cm³/mol. The average molecular weight is 414 g/mol. The molecule has 0 N–H and O–H groups in total. The van der Waals surface area contributed by atoms with E-state index in [-0.39, 0.29) is 5.41 Å². The topological polar surface area (TPSA) is 12.4 Å². The molecule has 3 atom stereocenters. The Morgan fingerprint density at radius 1 is 0.742 bits per heavy atom. The lowest BCUT2D eigenvalue weighted by molar-refractivity contribution is 0.110. The highest BCUT2D eigenvalue weighted by Crippen LogP contribution is 2.59. The maximum Gasteiger partial charge on any atom is 0.0673 e. The Labute approximate surface area is 189 Å². The van der Waals surface area contributed by atoms with Crippen LogP contribution in [0.4, 0.5) is 5.69 Å². The molecule has 3 aliphatic carbocycles. The van der Waals surface area contributed by atoms with Gasteiger partial charge in [0.05, 0.1) is 5.69 Å². The number of hydrogen-bond acceptors (Lipinski definition) is 1. The zero-order valence-electron chi connectivity index (χ0n) is 20.3. The molecule has 0 amide bonds. The number of aliphatic imine (C=N–C) groups is 1. The first-order valence-corrected chi connectivity index (χ1v) is 12.5. The van der Waals surface area contributed by atoms with Crippen LogP contribution in [0.5, 0.6) is 0 Å². The summed E-state index contributed by atoms with van der Waals surface area (Å²) < 4.78 is 0. The van der Waals surface area contributed by atoms with E-state index in [1.54, 1.807) is 11.1 Å². The van der Waals surface area contributed by atoms with Gasteiger partial charge in [0.2, 0.25) is 0 Å². The Hall–Kier alpha value is -1.89. The van der Waals surface area contributed by atoms with Gasteiger partial charge in [-0.15, -0.1) is 0 Å². The third kappa shape index (κ3) is 3.22. The number of hydrogen-bond donors (Lipinski definition) is 0. The van der Waals surface area contributed by atoms with Crippen molar-refractivity contribution in [2.75, 3.05) is 0 Å². The Morgan fingerprint density at radius 2 is 1.42 bits per heavy atom. The maximum absolute atomic E-state index is 4.82. The maximum atomic E-state index is 4.82. The molecule has 0 aromatic heterocycles. The van der Waals surface area contributed by atoms with Crippen molar-refractivity contribution in [2.24, 2.45) is 10.4 Å². The predicted octanol–water partition coefficient (Wildman–Crippen LogP) is 8.30. The van der Waals surface area contributed by atoms with Gasteiger partial charge in [0, 0.05) is 11.1 Å². The first-order valence-electron chi connectivity index (χ1n) is 12.5. The van der Waals surface area contributed by atoms with Gasteiger partial charge in [0.15, 0.2) is 0 Å². The molecular weight excluding hydrogens is 374 g/mol. The number of nitrogens with zero attached hydrogens (tertiary/aromatic N) is 1. The molecule has 1 aliphatic heterocycles. The molecule has 4 aliphatic rings. The van der Waals surface area contributed by atoms with Crippen LogP contribution in [0.15, 0.2) is 41.4 Å². The molecule has 2 saturated carbocycles. The highest BCUT2D eigenvalue weighted by atomic mass is 14.8. The molecule has 0 saturated heterocycles. The fraction of sp³-hybridized carbons (Fsp3) is 0.567. The zero-order chi connectivity index (χ0) is 21.9. The van der Waals surface area contributed by atoms with Crippen LogP contribution in [0.3, 0.4) is 0 Å². The monoisotopic (exact) mass is 413 g/mol. The van der Waals surface area contributed by atoms with Gasteiger partial charge in [0.25, 0.3) is 0 Å². The first kappa shape index (κ1) is 21.0. The van der Waals surface area contributed by atoms with E-state index in [4.69, 9.17) is 4.99 Å². The molecule has 0 spiro atoms. The van der Waals surface area contributed by atoms with Crippen LogP contribution in [0.2, 0.25) is 0 Å². The lowest BCUT2D eigenvalue weighted by Gasteiger charge is -2.46. The quantitative estimate of drug-likeness (QED) is 0.412. The Morgan fingerprint density at radius 3 is 2.23 bits per heavy atom. The van der Waals surface area contributed by atoms with Gasteiger partial charge in [-0.05, 0) is 91.5 Å². The normalized spacial score (nSPS) is 32.7. The second-order valence-corrected chi connectivity index (χ2v) is 11.6. The van der Waals surface area contributed by atoms with Crippen molar-refractivity contribution < 1.29 is 0 Å². The smallest absolute Gasteiger partial charge is 0.0673 e. The van der Waals surface area contributed by atoms with Crippen molar-refractivity contribution in [3.05, 3.63) is 64.2 Å². The van der Waals surface area contributed by atoms with Gasteiger partial charge in [0.1, 0.15) is 0 Å². The highest BCUT2D eigenvalue weighted by Gasteiger charge is 2.52. The third-order valence-corrected chi connectivity index (χ3v) is 9.40. The van der Waals surface area contributed by atoms with Crippen LogP contribution in [0, 0.1) is 19.3 Å². The average Bonchev–Trinajstić information content (AvgIpc) is 3.14. The summed E-state index contributed by atoms with van der Waals surface area (Å²) in [4.78, 5) is 4.82. The molecular formula is C30H39N. The minimum absolute atomic E-state index is 0.265. The van der Waals surface area contributed by atoms with Gasteiger partial charge >= 0.3 is 0 Å². The fourth-order valence-electron chi connectivity index (χ4n) is 7.15. The summed E-state index contributed by atoms with van der Waals surface area (Å²) in [5.74, 6) is 0. The molecule has 2 aromatic carbocycles. The van der Waals surface area contributed by atoms with E-state index >= 15 is 0 Å². The summed E-state index contributed by atoms with van der Waals surface area (Å²) in [7, 11) is 0. The largest absolute Gasteiger partial charge is 0.257 e. The molecule has 0 bridgehead atoms. The summed E-state index contributed by atoms with van der Waals surface area (Å²) in [5.41, 5.74) is 11.4. The van der Waals surface area contributed by atoms with Gasteiger partial charge < -0.3 is 0 Å². The van der Waals surface area contributed by atoms with Crippen LogP contribution in [0.25, 0.3) is 0 Å². The molecule has 31 heavy (non-hydrogen) atoms. The van der Waals surface area contributed by atoms with E-state index in [0.717, 1.165) is 0 Å². The van der Waals surface area contributed by atoms with E-state index < -0.39 is 0 Å². The Balaban J connectivity index is 0.000000132. The molecule has 0 radical (unpaired) electrons.